The van der Waals surface area contributed by atoms with Crippen molar-refractivity contribution >= 4 is 40.7 Å². The summed E-state index contributed by atoms with van der Waals surface area (Å²) >= 11 is 7.73. The minimum absolute atomic E-state index is 0.0457. The second kappa shape index (κ2) is 10.4. The van der Waals surface area contributed by atoms with Crippen molar-refractivity contribution in [2.75, 3.05) is 7.11 Å². The number of methoxy groups -OCH3 is 1. The second-order valence-electron chi connectivity index (χ2n) is 8.73. The second-order valence-corrected chi connectivity index (χ2v) is 10.0. The number of allylic oxidation sites excluding steroid dienone is 1. The molecule has 2 aromatic heterocycles. The number of amidine groups is 1. The molecule has 3 heterocycles. The molecule has 1 aliphatic carbocycles. The van der Waals surface area contributed by atoms with Crippen molar-refractivity contribution in [1.82, 2.24) is 15.3 Å². The summed E-state index contributed by atoms with van der Waals surface area (Å²) in [6, 6.07) is 3.53. The minimum atomic E-state index is -1.14. The van der Waals surface area contributed by atoms with Gasteiger partial charge < -0.3 is 19.6 Å². The van der Waals surface area contributed by atoms with Crippen LogP contribution in [0.15, 0.2) is 56.7 Å². The van der Waals surface area contributed by atoms with E-state index in [0.717, 1.165) is 6.26 Å². The molecule has 0 amide bonds. The molecule has 12 heteroatoms. The van der Waals surface area contributed by atoms with E-state index >= 15 is 0 Å². The predicted octanol–water partition coefficient (Wildman–Crippen LogP) is 5.11. The number of aromatic carboxylic acids is 1. The lowest BCUT2D eigenvalue weighted by Gasteiger charge is -2.34. The quantitative estimate of drug-likeness (QED) is 0.410. The van der Waals surface area contributed by atoms with Gasteiger partial charge in [-0.15, -0.1) is 11.3 Å². The summed E-state index contributed by atoms with van der Waals surface area (Å²) in [6.45, 7) is 0. The summed E-state index contributed by atoms with van der Waals surface area (Å²) in [5, 5.41) is 14.8. The van der Waals surface area contributed by atoms with Gasteiger partial charge in [0.15, 0.2) is 22.4 Å². The fourth-order valence-corrected chi connectivity index (χ4v) is 5.65. The Morgan fingerprint density at radius 2 is 2.00 bits per heavy atom. The summed E-state index contributed by atoms with van der Waals surface area (Å²) in [5.41, 5.74) is 1.13. The van der Waals surface area contributed by atoms with E-state index in [1.807, 2.05) is 5.38 Å². The Morgan fingerprint density at radius 3 is 2.65 bits per heavy atom. The SMILES string of the molecule is COC(=O)C1=C(C2CCC(c3nc(C(=O)O)co3)CC2)NC(c2nccs2)=NC1c1cccc(F)c1Cl. The number of nitrogens with zero attached hydrogens (tertiary/aromatic N) is 3. The van der Waals surface area contributed by atoms with Gasteiger partial charge in [-0.2, -0.15) is 0 Å². The predicted molar refractivity (Wildman–Crippen MR) is 133 cm³/mol. The molecular formula is C25H22ClFN4O5S. The Labute approximate surface area is 220 Å². The standard InChI is InChI=1S/C25H22ClFN4O5S/c1-35-25(34)17-19(12-5-7-13(8-6-12)22-29-16(11-36-22)24(32)33)30-21(23-28-9-10-37-23)31-20(17)14-3-2-4-15(27)18(14)26/h2-4,9-13,20H,5-8H2,1H3,(H,30,31)(H,32,33). The van der Waals surface area contributed by atoms with Crippen LogP contribution in [0.5, 0.6) is 0 Å². The first kappa shape index (κ1) is 25.1. The number of rotatable bonds is 6. The maximum atomic E-state index is 14.4. The van der Waals surface area contributed by atoms with Crippen molar-refractivity contribution in [2.24, 2.45) is 10.9 Å². The van der Waals surface area contributed by atoms with E-state index in [0.29, 0.717) is 53.7 Å². The van der Waals surface area contributed by atoms with Crippen molar-refractivity contribution in [3.05, 3.63) is 80.3 Å². The van der Waals surface area contributed by atoms with Crippen LogP contribution in [0.1, 0.15) is 64.6 Å². The largest absolute Gasteiger partial charge is 0.476 e. The Bertz CT molecular complexity index is 1400. The van der Waals surface area contributed by atoms with Crippen LogP contribution in [0.25, 0.3) is 0 Å². The van der Waals surface area contributed by atoms with E-state index in [1.54, 1.807) is 12.3 Å². The molecule has 0 saturated heterocycles. The van der Waals surface area contributed by atoms with Gasteiger partial charge in [0, 0.05) is 28.8 Å². The maximum Gasteiger partial charge on any atom is 0.357 e. The zero-order valence-electron chi connectivity index (χ0n) is 19.6. The number of hydrogen-bond acceptors (Lipinski definition) is 9. The average Bonchev–Trinajstić information content (AvgIpc) is 3.62. The third-order valence-electron chi connectivity index (χ3n) is 6.62. The number of carboxylic acids is 1. The number of hydrogen-bond donors (Lipinski definition) is 2. The van der Waals surface area contributed by atoms with Crippen molar-refractivity contribution in [1.29, 1.82) is 0 Å². The van der Waals surface area contributed by atoms with E-state index in [4.69, 9.17) is 30.9 Å². The fourth-order valence-electron chi connectivity index (χ4n) is 4.83. The van der Waals surface area contributed by atoms with Gasteiger partial charge in [-0.05, 0) is 37.7 Å². The monoisotopic (exact) mass is 544 g/mol. The molecule has 192 valence electrons. The molecule has 0 spiro atoms. The van der Waals surface area contributed by atoms with Gasteiger partial charge in [-0.1, -0.05) is 23.7 Å². The van der Waals surface area contributed by atoms with E-state index in [9.17, 15) is 14.0 Å². The van der Waals surface area contributed by atoms with Gasteiger partial charge in [0.25, 0.3) is 0 Å². The molecule has 1 fully saturated rings. The van der Waals surface area contributed by atoms with Crippen molar-refractivity contribution in [2.45, 2.75) is 37.6 Å². The maximum absolute atomic E-state index is 14.4. The van der Waals surface area contributed by atoms with Crippen molar-refractivity contribution in [3.8, 4) is 0 Å². The zero-order valence-corrected chi connectivity index (χ0v) is 21.2. The fraction of sp³-hybridized carbons (Fsp3) is 0.320. The number of carboxylic acid groups (broad SMARTS) is 1. The van der Waals surface area contributed by atoms with Crippen LogP contribution in [0, 0.1) is 11.7 Å². The van der Waals surface area contributed by atoms with Crippen LogP contribution in [0.4, 0.5) is 4.39 Å². The van der Waals surface area contributed by atoms with Crippen molar-refractivity contribution in [3.63, 3.8) is 0 Å². The van der Waals surface area contributed by atoms with E-state index < -0.39 is 23.8 Å². The highest BCUT2D eigenvalue weighted by atomic mass is 35.5. The Balaban J connectivity index is 1.52. The lowest BCUT2D eigenvalue weighted by molar-refractivity contribution is -0.136. The zero-order chi connectivity index (χ0) is 26.1. The number of thiazole rings is 1. The number of benzene rings is 1. The number of esters is 1. The van der Waals surface area contributed by atoms with E-state index in [1.165, 1.54) is 30.6 Å². The highest BCUT2D eigenvalue weighted by Crippen LogP contribution is 2.43. The van der Waals surface area contributed by atoms with Crippen LogP contribution in [-0.4, -0.2) is 40.0 Å². The lowest BCUT2D eigenvalue weighted by Crippen LogP contribution is -2.37. The van der Waals surface area contributed by atoms with Gasteiger partial charge >= 0.3 is 11.9 Å². The molecule has 37 heavy (non-hydrogen) atoms. The number of carbonyl (C=O) groups is 2. The molecule has 1 unspecified atom stereocenters. The van der Waals surface area contributed by atoms with Gasteiger partial charge in [0.1, 0.15) is 18.1 Å². The van der Waals surface area contributed by atoms with Crippen LogP contribution < -0.4 is 5.32 Å². The highest BCUT2D eigenvalue weighted by Gasteiger charge is 2.38. The molecule has 1 aliphatic heterocycles. The first-order valence-electron chi connectivity index (χ1n) is 11.6. The van der Waals surface area contributed by atoms with Crippen LogP contribution in [0.2, 0.25) is 5.02 Å². The number of halogens is 2. The van der Waals surface area contributed by atoms with Crippen LogP contribution >= 0.6 is 22.9 Å². The molecule has 0 bridgehead atoms. The smallest absolute Gasteiger partial charge is 0.357 e. The number of carbonyl (C=O) groups excluding carboxylic acids is 1. The normalized spacial score (nSPS) is 21.8. The molecule has 1 saturated carbocycles. The van der Waals surface area contributed by atoms with Crippen LogP contribution in [-0.2, 0) is 9.53 Å². The Hall–Kier alpha value is -3.57. The first-order valence-corrected chi connectivity index (χ1v) is 12.8. The number of ether oxygens (including phenoxy) is 1. The highest BCUT2D eigenvalue weighted by molar-refractivity contribution is 7.11. The van der Waals surface area contributed by atoms with Gasteiger partial charge in [-0.3, -0.25) is 4.99 Å². The third kappa shape index (κ3) is 4.88. The number of nitrogens with one attached hydrogen (secondary N) is 1. The topological polar surface area (TPSA) is 127 Å². The lowest BCUT2D eigenvalue weighted by atomic mass is 9.78. The summed E-state index contributed by atoms with van der Waals surface area (Å²) in [6.07, 6.45) is 5.45. The molecule has 5 rings (SSSR count). The van der Waals surface area contributed by atoms with Gasteiger partial charge in [0.05, 0.1) is 17.7 Å². The number of aromatic nitrogens is 2. The first-order chi connectivity index (χ1) is 17.9. The van der Waals surface area contributed by atoms with Gasteiger partial charge in [0.2, 0.25) is 0 Å². The Morgan fingerprint density at radius 1 is 1.24 bits per heavy atom. The molecule has 0 radical (unpaired) electrons. The molecule has 9 nitrogen and oxygen atoms in total. The third-order valence-corrected chi connectivity index (χ3v) is 7.80. The molecule has 3 aromatic rings. The average molecular weight is 545 g/mol. The molecule has 2 N–H and O–H groups in total. The molecular weight excluding hydrogens is 523 g/mol. The summed E-state index contributed by atoms with van der Waals surface area (Å²) in [5.74, 6) is -1.61. The summed E-state index contributed by atoms with van der Waals surface area (Å²) < 4.78 is 25.0. The molecule has 1 atom stereocenters. The van der Waals surface area contributed by atoms with E-state index in [-0.39, 0.29) is 28.1 Å². The minimum Gasteiger partial charge on any atom is -0.476 e. The number of aliphatic imine (C=N–C) groups is 1. The summed E-state index contributed by atoms with van der Waals surface area (Å²) in [4.78, 5) is 37.5. The number of oxazole rings is 1. The van der Waals surface area contributed by atoms with Crippen molar-refractivity contribution < 1.29 is 28.2 Å². The van der Waals surface area contributed by atoms with E-state index in [2.05, 4.69) is 15.3 Å². The van der Waals surface area contributed by atoms with Gasteiger partial charge in [-0.25, -0.2) is 23.9 Å². The Kier molecular flexibility index (Phi) is 7.07. The molecule has 2 aliphatic rings. The van der Waals surface area contributed by atoms with Crippen LogP contribution in [0.3, 0.4) is 0 Å². The summed E-state index contributed by atoms with van der Waals surface area (Å²) in [7, 11) is 1.29. The molecule has 1 aromatic carbocycles.